The number of aryl methyl sites for hydroxylation is 1. The largest absolute Gasteiger partial charge is 0.440 e. The molecule has 0 aliphatic carbocycles. The van der Waals surface area contributed by atoms with E-state index in [0.717, 1.165) is 13.0 Å². The average molecular weight is 297 g/mol. The predicted octanol–water partition coefficient (Wildman–Crippen LogP) is 1.05. The van der Waals surface area contributed by atoms with E-state index in [1.807, 2.05) is 10.8 Å². The van der Waals surface area contributed by atoms with Crippen LogP contribution in [0.5, 0.6) is 0 Å². The number of sulfonamides is 1. The first-order chi connectivity index (χ1) is 9.62. The molecule has 0 radical (unpaired) electrons. The summed E-state index contributed by atoms with van der Waals surface area (Å²) >= 11 is 0. The van der Waals surface area contributed by atoms with Gasteiger partial charge in [0, 0.05) is 25.5 Å². The second kappa shape index (κ2) is 6.49. The molecule has 0 atom stereocenters. The fraction of sp³-hybridized carbons (Fsp3) is 0.333. The number of rotatable bonds is 8. The molecule has 0 aromatic carbocycles. The fourth-order valence-corrected chi connectivity index (χ4v) is 2.67. The molecule has 0 fully saturated rings. The highest BCUT2D eigenvalue weighted by Gasteiger charge is 2.17. The van der Waals surface area contributed by atoms with Crippen LogP contribution in [0.4, 0.5) is 0 Å². The molecule has 7 nitrogen and oxygen atoms in total. The molecule has 8 heteroatoms. The van der Waals surface area contributed by atoms with Crippen molar-refractivity contribution in [3.8, 4) is 0 Å². The summed E-state index contributed by atoms with van der Waals surface area (Å²) in [5.41, 5.74) is 0. The molecule has 108 valence electrons. The molecule has 2 rings (SSSR count). The molecule has 1 N–H and O–H groups in total. The molecule has 0 bridgehead atoms. The summed E-state index contributed by atoms with van der Waals surface area (Å²) in [6.45, 7) is 1.10. The van der Waals surface area contributed by atoms with Gasteiger partial charge in [0.05, 0.1) is 6.33 Å². The summed E-state index contributed by atoms with van der Waals surface area (Å²) < 4.78 is 32.9. The number of carbonyl (C=O) groups is 1. The fourth-order valence-electron chi connectivity index (χ4n) is 1.66. The third kappa shape index (κ3) is 3.78. The van der Waals surface area contributed by atoms with Crippen LogP contribution in [0, 0.1) is 0 Å². The highest BCUT2D eigenvalue weighted by molar-refractivity contribution is 7.89. The molecule has 0 aliphatic rings. The highest BCUT2D eigenvalue weighted by atomic mass is 32.2. The molecule has 2 aromatic heterocycles. The maximum Gasteiger partial charge on any atom is 0.273 e. The monoisotopic (exact) mass is 297 g/mol. The third-order valence-electron chi connectivity index (χ3n) is 2.68. The molecule has 2 aromatic rings. The lowest BCUT2D eigenvalue weighted by atomic mass is 10.3. The van der Waals surface area contributed by atoms with Crippen LogP contribution in [0.25, 0.3) is 0 Å². The zero-order valence-electron chi connectivity index (χ0n) is 10.7. The van der Waals surface area contributed by atoms with Crippen molar-refractivity contribution < 1.29 is 17.6 Å². The number of hydrogen-bond acceptors (Lipinski definition) is 5. The van der Waals surface area contributed by atoms with Crippen molar-refractivity contribution in [3.05, 3.63) is 36.6 Å². The van der Waals surface area contributed by atoms with E-state index in [9.17, 15) is 13.2 Å². The quantitative estimate of drug-likeness (QED) is 0.580. The molecule has 2 heterocycles. The minimum Gasteiger partial charge on any atom is -0.440 e. The van der Waals surface area contributed by atoms with E-state index in [4.69, 9.17) is 4.42 Å². The summed E-state index contributed by atoms with van der Waals surface area (Å²) in [5.74, 6) is -0.00881. The second-order valence-electron chi connectivity index (χ2n) is 4.18. The lowest BCUT2D eigenvalue weighted by Gasteiger charge is -2.04. The first-order valence-corrected chi connectivity index (χ1v) is 7.60. The van der Waals surface area contributed by atoms with Crippen LogP contribution in [0.2, 0.25) is 0 Å². The van der Waals surface area contributed by atoms with Gasteiger partial charge >= 0.3 is 0 Å². The number of unbranched alkanes of at least 4 members (excludes halogenated alkanes) is 1. The normalized spacial score (nSPS) is 11.6. The van der Waals surface area contributed by atoms with Gasteiger partial charge in [0.15, 0.2) is 12.0 Å². The number of furan rings is 1. The van der Waals surface area contributed by atoms with Crippen molar-refractivity contribution >= 4 is 16.3 Å². The first kappa shape index (κ1) is 14.5. The van der Waals surface area contributed by atoms with E-state index < -0.39 is 10.0 Å². The van der Waals surface area contributed by atoms with E-state index in [1.54, 1.807) is 12.5 Å². The Morgan fingerprint density at radius 3 is 2.85 bits per heavy atom. The maximum atomic E-state index is 11.8. The van der Waals surface area contributed by atoms with E-state index in [0.29, 0.717) is 19.3 Å². The zero-order valence-corrected chi connectivity index (χ0v) is 11.5. The molecule has 20 heavy (non-hydrogen) atoms. The Morgan fingerprint density at radius 2 is 2.20 bits per heavy atom. The van der Waals surface area contributed by atoms with Gasteiger partial charge in [-0.05, 0) is 25.0 Å². The highest BCUT2D eigenvalue weighted by Crippen LogP contribution is 2.12. The number of nitrogens with zero attached hydrogens (tertiary/aromatic N) is 2. The maximum absolute atomic E-state index is 11.8. The Kier molecular flexibility index (Phi) is 4.70. The molecule has 0 saturated heterocycles. The summed E-state index contributed by atoms with van der Waals surface area (Å²) in [6, 6.07) is 2.58. The molecular weight excluding hydrogens is 282 g/mol. The average Bonchev–Trinajstić information content (AvgIpc) is 3.09. The predicted molar refractivity (Wildman–Crippen MR) is 70.7 cm³/mol. The number of carbonyl (C=O) groups excluding carboxylic acids is 1. The Balaban J connectivity index is 1.76. The van der Waals surface area contributed by atoms with E-state index in [1.165, 1.54) is 12.1 Å². The van der Waals surface area contributed by atoms with Gasteiger partial charge < -0.3 is 8.98 Å². The van der Waals surface area contributed by atoms with Gasteiger partial charge in [0.2, 0.25) is 5.09 Å². The van der Waals surface area contributed by atoms with Crippen molar-refractivity contribution in [1.29, 1.82) is 0 Å². The van der Waals surface area contributed by atoms with E-state index in [-0.39, 0.29) is 10.9 Å². The smallest absolute Gasteiger partial charge is 0.273 e. The Hall–Kier alpha value is -1.93. The van der Waals surface area contributed by atoms with Gasteiger partial charge in [-0.3, -0.25) is 4.79 Å². The van der Waals surface area contributed by atoms with E-state index >= 15 is 0 Å². The van der Waals surface area contributed by atoms with Crippen molar-refractivity contribution in [1.82, 2.24) is 14.3 Å². The number of hydrogen-bond donors (Lipinski definition) is 1. The lowest BCUT2D eigenvalue weighted by Crippen LogP contribution is -2.24. The van der Waals surface area contributed by atoms with Gasteiger partial charge in [-0.25, -0.2) is 18.1 Å². The zero-order chi connectivity index (χ0) is 14.4. The molecule has 0 saturated carbocycles. The summed E-state index contributed by atoms with van der Waals surface area (Å²) in [6.07, 6.45) is 7.26. The van der Waals surface area contributed by atoms with Crippen molar-refractivity contribution in [3.63, 3.8) is 0 Å². The summed E-state index contributed by atoms with van der Waals surface area (Å²) in [7, 11) is -3.68. The van der Waals surface area contributed by atoms with Crippen LogP contribution < -0.4 is 4.72 Å². The molecule has 0 unspecified atom stereocenters. The standard InChI is InChI=1S/C12H15N3O4S/c16-9-11-3-4-12(19-11)20(17,18)14-5-1-2-7-15-8-6-13-10-15/h3-4,6,8-10,14H,1-2,5,7H2. The van der Waals surface area contributed by atoms with Gasteiger partial charge in [-0.2, -0.15) is 0 Å². The van der Waals surface area contributed by atoms with Crippen LogP contribution in [-0.2, 0) is 16.6 Å². The number of imidazole rings is 1. The lowest BCUT2D eigenvalue weighted by molar-refractivity contribution is 0.109. The third-order valence-corrected chi connectivity index (χ3v) is 4.01. The number of nitrogens with one attached hydrogen (secondary N) is 1. The van der Waals surface area contributed by atoms with Gasteiger partial charge in [-0.1, -0.05) is 0 Å². The van der Waals surface area contributed by atoms with Crippen LogP contribution in [0.15, 0.2) is 40.4 Å². The van der Waals surface area contributed by atoms with Crippen molar-refractivity contribution in [2.75, 3.05) is 6.54 Å². The van der Waals surface area contributed by atoms with Crippen LogP contribution in [0.3, 0.4) is 0 Å². The topological polar surface area (TPSA) is 94.2 Å². The Morgan fingerprint density at radius 1 is 1.35 bits per heavy atom. The number of aldehydes is 1. The molecular formula is C12H15N3O4S. The Bertz CT molecular complexity index is 646. The Labute approximate surface area is 116 Å². The first-order valence-electron chi connectivity index (χ1n) is 6.12. The van der Waals surface area contributed by atoms with Crippen molar-refractivity contribution in [2.24, 2.45) is 0 Å². The summed E-state index contributed by atoms with van der Waals surface area (Å²) in [5, 5.41) is -0.241. The summed E-state index contributed by atoms with van der Waals surface area (Å²) in [4.78, 5) is 14.4. The minimum absolute atomic E-state index is 0.00881. The molecule has 0 amide bonds. The van der Waals surface area contributed by atoms with Crippen molar-refractivity contribution in [2.45, 2.75) is 24.5 Å². The minimum atomic E-state index is -3.68. The molecule has 0 spiro atoms. The van der Waals surface area contributed by atoms with Crippen LogP contribution >= 0.6 is 0 Å². The van der Waals surface area contributed by atoms with Gasteiger partial charge in [0.1, 0.15) is 0 Å². The van der Waals surface area contributed by atoms with Crippen LogP contribution in [0.1, 0.15) is 23.4 Å². The van der Waals surface area contributed by atoms with E-state index in [2.05, 4.69) is 9.71 Å². The van der Waals surface area contributed by atoms with Gasteiger partial charge in [-0.15, -0.1) is 0 Å². The SMILES string of the molecule is O=Cc1ccc(S(=O)(=O)NCCCCn2ccnc2)o1. The molecule has 0 aliphatic heterocycles. The van der Waals surface area contributed by atoms with Gasteiger partial charge in [0.25, 0.3) is 10.0 Å². The number of aromatic nitrogens is 2. The van der Waals surface area contributed by atoms with Crippen LogP contribution in [-0.4, -0.2) is 30.8 Å². The second-order valence-corrected chi connectivity index (χ2v) is 5.88.